The lowest BCUT2D eigenvalue weighted by Gasteiger charge is -2.33. The maximum absolute atomic E-state index is 12.7. The Labute approximate surface area is 152 Å². The van der Waals surface area contributed by atoms with E-state index in [4.69, 9.17) is 11.6 Å². The lowest BCUT2D eigenvalue weighted by molar-refractivity contribution is -0.125. The van der Waals surface area contributed by atoms with Gasteiger partial charge in [-0.2, -0.15) is 0 Å². The molecule has 2 saturated heterocycles. The zero-order chi connectivity index (χ0) is 17.4. The third-order valence-corrected chi connectivity index (χ3v) is 5.87. The maximum atomic E-state index is 12.7. The monoisotopic (exact) mass is 361 g/mol. The fraction of sp³-hybridized carbons (Fsp3) is 0.556. The fourth-order valence-corrected chi connectivity index (χ4v) is 4.46. The number of benzene rings is 1. The minimum Gasteiger partial charge on any atom is -0.348 e. The van der Waals surface area contributed by atoms with Gasteiger partial charge in [-0.3, -0.25) is 9.69 Å². The lowest BCUT2D eigenvalue weighted by Crippen LogP contribution is -2.41. The standard InChI is InChI=1S/C18H24ClN5O/c1-24-11-18(4-6-20-7-5-18)9-15(24)17(25)21-10-16-22-13-3-2-12(19)8-14(13)23-16/h2-3,8,15,20H,4-7,9-11H2,1H3,(H,21,25)(H,22,23). The van der Waals surface area contributed by atoms with Crippen molar-refractivity contribution in [3.8, 4) is 0 Å². The number of amides is 1. The van der Waals surface area contributed by atoms with Gasteiger partial charge in [0.2, 0.25) is 5.91 Å². The number of piperidine rings is 1. The number of halogens is 1. The summed E-state index contributed by atoms with van der Waals surface area (Å²) in [4.78, 5) is 22.6. The number of carbonyl (C=O) groups is 1. The van der Waals surface area contributed by atoms with E-state index in [1.807, 2.05) is 18.2 Å². The molecule has 134 valence electrons. The molecule has 2 aliphatic rings. The van der Waals surface area contributed by atoms with Gasteiger partial charge in [-0.05, 0) is 63.0 Å². The first-order valence-electron chi connectivity index (χ1n) is 8.88. The minimum absolute atomic E-state index is 0.0445. The van der Waals surface area contributed by atoms with E-state index < -0.39 is 0 Å². The summed E-state index contributed by atoms with van der Waals surface area (Å²) in [6.45, 7) is 3.54. The van der Waals surface area contributed by atoms with Crippen molar-refractivity contribution >= 4 is 28.5 Å². The van der Waals surface area contributed by atoms with E-state index in [0.29, 0.717) is 17.0 Å². The van der Waals surface area contributed by atoms with E-state index >= 15 is 0 Å². The molecule has 3 heterocycles. The highest BCUT2D eigenvalue weighted by Crippen LogP contribution is 2.41. The highest BCUT2D eigenvalue weighted by molar-refractivity contribution is 6.31. The zero-order valence-corrected chi connectivity index (χ0v) is 15.2. The summed E-state index contributed by atoms with van der Waals surface area (Å²) in [6.07, 6.45) is 3.27. The van der Waals surface area contributed by atoms with Crippen LogP contribution in [0.1, 0.15) is 25.1 Å². The number of nitrogens with zero attached hydrogens (tertiary/aromatic N) is 2. The van der Waals surface area contributed by atoms with Crippen molar-refractivity contribution in [3.63, 3.8) is 0 Å². The van der Waals surface area contributed by atoms with E-state index in [2.05, 4.69) is 32.5 Å². The molecule has 1 atom stereocenters. The van der Waals surface area contributed by atoms with E-state index in [1.165, 1.54) is 0 Å². The summed E-state index contributed by atoms with van der Waals surface area (Å²) in [5.41, 5.74) is 2.06. The molecule has 2 aliphatic heterocycles. The van der Waals surface area contributed by atoms with Gasteiger partial charge < -0.3 is 15.6 Å². The van der Waals surface area contributed by atoms with Crippen molar-refractivity contribution in [2.75, 3.05) is 26.7 Å². The molecule has 6 nitrogen and oxygen atoms in total. The Bertz CT molecular complexity index is 783. The Hall–Kier alpha value is -1.63. The Kier molecular flexibility index (Phi) is 4.43. The topological polar surface area (TPSA) is 73.1 Å². The number of likely N-dealkylation sites (tertiary alicyclic amines) is 1. The predicted molar refractivity (Wildman–Crippen MR) is 98.5 cm³/mol. The minimum atomic E-state index is -0.0445. The molecule has 2 fully saturated rings. The molecule has 25 heavy (non-hydrogen) atoms. The first kappa shape index (κ1) is 16.8. The fourth-order valence-electron chi connectivity index (χ4n) is 4.29. The molecule has 1 spiro atoms. The number of hydrogen-bond acceptors (Lipinski definition) is 4. The number of carbonyl (C=O) groups excluding carboxylic acids is 1. The first-order chi connectivity index (χ1) is 12.0. The van der Waals surface area contributed by atoms with Crippen molar-refractivity contribution in [2.24, 2.45) is 5.41 Å². The second-order valence-corrected chi connectivity index (χ2v) is 7.88. The highest BCUT2D eigenvalue weighted by Gasteiger charge is 2.45. The Balaban J connectivity index is 1.39. The van der Waals surface area contributed by atoms with E-state index in [1.54, 1.807) is 0 Å². The summed E-state index contributed by atoms with van der Waals surface area (Å²) in [6, 6.07) is 5.50. The van der Waals surface area contributed by atoms with Gasteiger partial charge in [-0.1, -0.05) is 11.6 Å². The van der Waals surface area contributed by atoms with Crippen LogP contribution in [0.15, 0.2) is 18.2 Å². The number of imidazole rings is 1. The number of rotatable bonds is 3. The summed E-state index contributed by atoms with van der Waals surface area (Å²) in [5, 5.41) is 7.14. The van der Waals surface area contributed by atoms with Crippen molar-refractivity contribution < 1.29 is 4.79 Å². The van der Waals surface area contributed by atoms with Crippen LogP contribution in [0.25, 0.3) is 11.0 Å². The van der Waals surface area contributed by atoms with Crippen LogP contribution >= 0.6 is 11.6 Å². The molecule has 0 saturated carbocycles. The first-order valence-corrected chi connectivity index (χ1v) is 9.25. The van der Waals surface area contributed by atoms with Gasteiger partial charge in [0.25, 0.3) is 0 Å². The number of likely N-dealkylation sites (N-methyl/N-ethyl adjacent to an activating group) is 1. The third-order valence-electron chi connectivity index (χ3n) is 5.63. The molecule has 0 bridgehead atoms. The summed E-state index contributed by atoms with van der Waals surface area (Å²) >= 11 is 6.00. The van der Waals surface area contributed by atoms with Crippen molar-refractivity contribution in [2.45, 2.75) is 31.8 Å². The molecule has 1 amide bonds. The lowest BCUT2D eigenvalue weighted by atomic mass is 9.77. The maximum Gasteiger partial charge on any atom is 0.237 e. The highest BCUT2D eigenvalue weighted by atomic mass is 35.5. The van der Waals surface area contributed by atoms with Crippen LogP contribution in [0.3, 0.4) is 0 Å². The average molecular weight is 362 g/mol. The van der Waals surface area contributed by atoms with Crippen LogP contribution in [0.5, 0.6) is 0 Å². The molecule has 0 radical (unpaired) electrons. The van der Waals surface area contributed by atoms with E-state index in [9.17, 15) is 4.79 Å². The van der Waals surface area contributed by atoms with Crippen molar-refractivity contribution in [1.82, 2.24) is 25.5 Å². The zero-order valence-electron chi connectivity index (χ0n) is 14.4. The Morgan fingerprint density at radius 2 is 2.24 bits per heavy atom. The van der Waals surface area contributed by atoms with Gasteiger partial charge in [0.05, 0.1) is 23.6 Å². The van der Waals surface area contributed by atoms with Gasteiger partial charge in [0.1, 0.15) is 5.82 Å². The predicted octanol–water partition coefficient (Wildman–Crippen LogP) is 1.91. The number of H-pyrrole nitrogens is 1. The van der Waals surface area contributed by atoms with E-state index in [0.717, 1.165) is 55.8 Å². The Morgan fingerprint density at radius 1 is 1.44 bits per heavy atom. The number of fused-ring (bicyclic) bond motifs is 1. The molecule has 7 heteroatoms. The largest absolute Gasteiger partial charge is 0.348 e. The second-order valence-electron chi connectivity index (χ2n) is 7.45. The van der Waals surface area contributed by atoms with E-state index in [-0.39, 0.29) is 11.9 Å². The normalized spacial score (nSPS) is 23.4. The number of nitrogens with one attached hydrogen (secondary N) is 3. The van der Waals surface area contributed by atoms with Crippen LogP contribution in [-0.4, -0.2) is 53.5 Å². The molecule has 1 aromatic heterocycles. The van der Waals surface area contributed by atoms with Crippen molar-refractivity contribution in [1.29, 1.82) is 0 Å². The summed E-state index contributed by atoms with van der Waals surface area (Å²) in [5.74, 6) is 0.847. The van der Waals surface area contributed by atoms with Gasteiger partial charge in [-0.15, -0.1) is 0 Å². The van der Waals surface area contributed by atoms with Gasteiger partial charge in [0, 0.05) is 11.6 Å². The van der Waals surface area contributed by atoms with Crippen LogP contribution in [0.4, 0.5) is 0 Å². The van der Waals surface area contributed by atoms with Crippen LogP contribution in [0, 0.1) is 5.41 Å². The third kappa shape index (κ3) is 3.38. The molecule has 0 aliphatic carbocycles. The smallest absolute Gasteiger partial charge is 0.237 e. The molecular formula is C18H24ClN5O. The molecule has 1 aromatic carbocycles. The SMILES string of the molecule is CN1CC2(CCNCC2)CC1C(=O)NCc1nc2ccc(Cl)cc2[nH]1. The quantitative estimate of drug-likeness (QED) is 0.780. The molecular weight excluding hydrogens is 338 g/mol. The molecule has 4 rings (SSSR count). The molecule has 3 N–H and O–H groups in total. The molecule has 1 unspecified atom stereocenters. The Morgan fingerprint density at radius 3 is 3.04 bits per heavy atom. The van der Waals surface area contributed by atoms with Gasteiger partial charge in [-0.25, -0.2) is 4.98 Å². The summed E-state index contributed by atoms with van der Waals surface area (Å²) < 4.78 is 0. The van der Waals surface area contributed by atoms with Crippen molar-refractivity contribution in [3.05, 3.63) is 29.0 Å². The number of aromatic amines is 1. The van der Waals surface area contributed by atoms with Crippen LogP contribution in [-0.2, 0) is 11.3 Å². The molecule has 2 aromatic rings. The van der Waals surface area contributed by atoms with Gasteiger partial charge in [0.15, 0.2) is 0 Å². The number of aromatic nitrogens is 2. The average Bonchev–Trinajstić information content (AvgIpc) is 3.13. The second kappa shape index (κ2) is 6.59. The summed E-state index contributed by atoms with van der Waals surface area (Å²) in [7, 11) is 2.06. The van der Waals surface area contributed by atoms with Crippen LogP contribution < -0.4 is 10.6 Å². The number of hydrogen-bond donors (Lipinski definition) is 3. The van der Waals surface area contributed by atoms with Crippen LogP contribution in [0.2, 0.25) is 5.02 Å². The van der Waals surface area contributed by atoms with Gasteiger partial charge >= 0.3 is 0 Å².